The summed E-state index contributed by atoms with van der Waals surface area (Å²) in [6, 6.07) is 5.94. The summed E-state index contributed by atoms with van der Waals surface area (Å²) < 4.78 is 5.62. The smallest absolute Gasteiger partial charge is 0.267 e. The highest BCUT2D eigenvalue weighted by Crippen LogP contribution is 2.34. The predicted molar refractivity (Wildman–Crippen MR) is 71.9 cm³/mol. The summed E-state index contributed by atoms with van der Waals surface area (Å²) in [7, 11) is 0. The molecule has 98 valence electrons. The first-order valence-corrected chi connectivity index (χ1v) is 6.42. The highest BCUT2D eigenvalue weighted by molar-refractivity contribution is 5.99. The summed E-state index contributed by atoms with van der Waals surface area (Å²) in [6.07, 6.45) is 1.45. The third-order valence-electron chi connectivity index (χ3n) is 3.16. The van der Waals surface area contributed by atoms with Crippen molar-refractivity contribution in [2.45, 2.75) is 32.8 Å². The highest BCUT2D eigenvalue weighted by atomic mass is 16.5. The Morgan fingerprint density at radius 3 is 2.89 bits per heavy atom. The first-order valence-electron chi connectivity index (χ1n) is 6.42. The molecule has 0 saturated carbocycles. The molecule has 0 radical (unpaired) electrons. The lowest BCUT2D eigenvalue weighted by atomic mass is 10.1. The van der Waals surface area contributed by atoms with Gasteiger partial charge in [-0.25, -0.2) is 0 Å². The number of amides is 1. The van der Waals surface area contributed by atoms with Crippen molar-refractivity contribution >= 4 is 11.6 Å². The molecule has 1 atom stereocenters. The minimum Gasteiger partial charge on any atom is -0.479 e. The number of rotatable bonds is 4. The van der Waals surface area contributed by atoms with Gasteiger partial charge in [0, 0.05) is 6.54 Å². The van der Waals surface area contributed by atoms with Crippen molar-refractivity contribution in [2.24, 2.45) is 5.73 Å². The van der Waals surface area contributed by atoms with Crippen LogP contribution in [0.15, 0.2) is 18.2 Å². The molecular formula is C14H20N2O2. The molecule has 4 heteroatoms. The largest absolute Gasteiger partial charge is 0.479 e. The van der Waals surface area contributed by atoms with E-state index < -0.39 is 6.10 Å². The molecule has 0 saturated heterocycles. The van der Waals surface area contributed by atoms with E-state index in [-0.39, 0.29) is 5.91 Å². The van der Waals surface area contributed by atoms with Crippen LogP contribution in [0.5, 0.6) is 5.75 Å². The minimum absolute atomic E-state index is 0.0325. The van der Waals surface area contributed by atoms with E-state index in [1.54, 1.807) is 6.92 Å². The Morgan fingerprint density at radius 2 is 2.17 bits per heavy atom. The molecule has 18 heavy (non-hydrogen) atoms. The van der Waals surface area contributed by atoms with Gasteiger partial charge in [0.25, 0.3) is 5.91 Å². The van der Waals surface area contributed by atoms with Gasteiger partial charge in [-0.1, -0.05) is 6.07 Å². The van der Waals surface area contributed by atoms with Crippen LogP contribution in [-0.4, -0.2) is 25.1 Å². The fraction of sp³-hybridized carbons (Fsp3) is 0.500. The van der Waals surface area contributed by atoms with Crippen LogP contribution in [-0.2, 0) is 4.79 Å². The Balaban J connectivity index is 2.26. The SMILES string of the molecule is Cc1ccc2c(c1)N(CCCCN)C(=O)C(C)O2. The van der Waals surface area contributed by atoms with Crippen LogP contribution >= 0.6 is 0 Å². The topological polar surface area (TPSA) is 55.6 Å². The Kier molecular flexibility index (Phi) is 3.87. The number of anilines is 1. The molecule has 2 rings (SSSR count). The summed E-state index contributed by atoms with van der Waals surface area (Å²) in [5.41, 5.74) is 7.51. The van der Waals surface area contributed by atoms with Gasteiger partial charge >= 0.3 is 0 Å². The van der Waals surface area contributed by atoms with E-state index in [2.05, 4.69) is 0 Å². The molecule has 1 aromatic rings. The number of carbonyl (C=O) groups is 1. The molecule has 0 fully saturated rings. The van der Waals surface area contributed by atoms with Gasteiger partial charge in [0.15, 0.2) is 6.10 Å². The molecule has 0 aromatic heterocycles. The third-order valence-corrected chi connectivity index (χ3v) is 3.16. The van der Waals surface area contributed by atoms with Gasteiger partial charge < -0.3 is 15.4 Å². The molecular weight excluding hydrogens is 228 g/mol. The van der Waals surface area contributed by atoms with E-state index in [0.29, 0.717) is 13.1 Å². The molecule has 0 aliphatic carbocycles. The Morgan fingerprint density at radius 1 is 1.39 bits per heavy atom. The zero-order valence-electron chi connectivity index (χ0n) is 11.0. The first-order chi connectivity index (χ1) is 8.63. The quantitative estimate of drug-likeness (QED) is 0.827. The van der Waals surface area contributed by atoms with Crippen molar-refractivity contribution in [2.75, 3.05) is 18.0 Å². The van der Waals surface area contributed by atoms with Gasteiger partial charge in [0.05, 0.1) is 5.69 Å². The molecule has 2 N–H and O–H groups in total. The molecule has 1 heterocycles. The van der Waals surface area contributed by atoms with Crippen LogP contribution < -0.4 is 15.4 Å². The maximum atomic E-state index is 12.2. The number of ether oxygens (including phenoxy) is 1. The van der Waals surface area contributed by atoms with Crippen LogP contribution in [0.4, 0.5) is 5.69 Å². The zero-order valence-corrected chi connectivity index (χ0v) is 11.0. The van der Waals surface area contributed by atoms with Gasteiger partial charge in [-0.15, -0.1) is 0 Å². The maximum absolute atomic E-state index is 12.2. The Hall–Kier alpha value is -1.55. The molecule has 0 spiro atoms. The number of nitrogens with two attached hydrogens (primary N) is 1. The Labute approximate surface area is 108 Å². The van der Waals surface area contributed by atoms with Crippen molar-refractivity contribution in [1.82, 2.24) is 0 Å². The van der Waals surface area contributed by atoms with Crippen molar-refractivity contribution in [3.63, 3.8) is 0 Å². The average molecular weight is 248 g/mol. The number of unbranched alkanes of at least 4 members (excludes halogenated alkanes) is 1. The molecule has 1 unspecified atom stereocenters. The summed E-state index contributed by atoms with van der Waals surface area (Å²) in [4.78, 5) is 14.0. The maximum Gasteiger partial charge on any atom is 0.267 e. The second kappa shape index (κ2) is 5.40. The van der Waals surface area contributed by atoms with E-state index >= 15 is 0 Å². The Bertz CT molecular complexity index is 445. The molecule has 4 nitrogen and oxygen atoms in total. The lowest BCUT2D eigenvalue weighted by Crippen LogP contribution is -2.45. The molecule has 1 aromatic carbocycles. The number of carbonyl (C=O) groups excluding carboxylic acids is 1. The number of fused-ring (bicyclic) bond motifs is 1. The predicted octanol–water partition coefficient (Wildman–Crippen LogP) is 1.85. The number of aryl methyl sites for hydroxylation is 1. The van der Waals surface area contributed by atoms with Crippen LogP contribution in [0, 0.1) is 6.92 Å². The van der Waals surface area contributed by atoms with E-state index in [9.17, 15) is 4.79 Å². The number of hydrogen-bond donors (Lipinski definition) is 1. The zero-order chi connectivity index (χ0) is 13.1. The van der Waals surface area contributed by atoms with Gasteiger partial charge in [-0.2, -0.15) is 0 Å². The highest BCUT2D eigenvalue weighted by Gasteiger charge is 2.30. The minimum atomic E-state index is -0.405. The fourth-order valence-corrected chi connectivity index (χ4v) is 2.16. The summed E-state index contributed by atoms with van der Waals surface area (Å²) in [5, 5.41) is 0. The van der Waals surface area contributed by atoms with Crippen molar-refractivity contribution < 1.29 is 9.53 Å². The van der Waals surface area contributed by atoms with Crippen LogP contribution in [0.3, 0.4) is 0 Å². The van der Waals surface area contributed by atoms with E-state index in [4.69, 9.17) is 10.5 Å². The average Bonchev–Trinajstić information content (AvgIpc) is 2.35. The second-order valence-corrected chi connectivity index (χ2v) is 4.72. The normalized spacial score (nSPS) is 18.5. The number of nitrogens with zero attached hydrogens (tertiary/aromatic N) is 1. The fourth-order valence-electron chi connectivity index (χ4n) is 2.16. The van der Waals surface area contributed by atoms with Gasteiger partial charge in [0.1, 0.15) is 5.75 Å². The monoisotopic (exact) mass is 248 g/mol. The van der Waals surface area contributed by atoms with Crippen LogP contribution in [0.1, 0.15) is 25.3 Å². The number of hydrogen-bond acceptors (Lipinski definition) is 3. The summed E-state index contributed by atoms with van der Waals surface area (Å²) >= 11 is 0. The van der Waals surface area contributed by atoms with E-state index in [1.165, 1.54) is 0 Å². The molecule has 0 bridgehead atoms. The van der Waals surface area contributed by atoms with E-state index in [0.717, 1.165) is 29.8 Å². The first kappa shape index (κ1) is 12.9. The molecule has 1 amide bonds. The van der Waals surface area contributed by atoms with Gasteiger partial charge in [0.2, 0.25) is 0 Å². The lowest BCUT2D eigenvalue weighted by molar-refractivity contribution is -0.125. The van der Waals surface area contributed by atoms with Crippen molar-refractivity contribution in [3.8, 4) is 5.75 Å². The number of benzene rings is 1. The summed E-state index contributed by atoms with van der Waals surface area (Å²) in [6.45, 7) is 5.18. The van der Waals surface area contributed by atoms with Crippen molar-refractivity contribution in [3.05, 3.63) is 23.8 Å². The summed E-state index contributed by atoms with van der Waals surface area (Å²) in [5.74, 6) is 0.825. The van der Waals surface area contributed by atoms with E-state index in [1.807, 2.05) is 30.0 Å². The van der Waals surface area contributed by atoms with Crippen LogP contribution in [0.25, 0.3) is 0 Å². The van der Waals surface area contributed by atoms with Gasteiger partial charge in [-0.05, 0) is 50.9 Å². The lowest BCUT2D eigenvalue weighted by Gasteiger charge is -2.33. The molecule has 1 aliphatic rings. The second-order valence-electron chi connectivity index (χ2n) is 4.72. The van der Waals surface area contributed by atoms with Crippen molar-refractivity contribution in [1.29, 1.82) is 0 Å². The van der Waals surface area contributed by atoms with Gasteiger partial charge in [-0.3, -0.25) is 4.79 Å². The standard InChI is InChI=1S/C14H20N2O2/c1-10-5-6-13-12(9-10)16(8-4-3-7-15)14(17)11(2)18-13/h5-6,9,11H,3-4,7-8,15H2,1-2H3. The van der Waals surface area contributed by atoms with Crippen LogP contribution in [0.2, 0.25) is 0 Å². The third kappa shape index (κ3) is 2.48. The molecule has 1 aliphatic heterocycles.